The van der Waals surface area contributed by atoms with Crippen LogP contribution in [0.4, 0.5) is 4.79 Å². The molecule has 0 radical (unpaired) electrons. The van der Waals surface area contributed by atoms with Crippen LogP contribution in [0.25, 0.3) is 0 Å². The lowest BCUT2D eigenvalue weighted by atomic mass is 9.90. The molecule has 0 unspecified atom stereocenters. The summed E-state index contributed by atoms with van der Waals surface area (Å²) >= 11 is 0. The fourth-order valence-electron chi connectivity index (χ4n) is 2.44. The molecule has 1 aliphatic carbocycles. The molecule has 0 atom stereocenters. The second-order valence-corrected chi connectivity index (χ2v) is 6.52. The summed E-state index contributed by atoms with van der Waals surface area (Å²) in [6.45, 7) is 5.71. The molecule has 0 aromatic carbocycles. The Balaban J connectivity index is 2.45. The van der Waals surface area contributed by atoms with Gasteiger partial charge in [0.15, 0.2) is 0 Å². The van der Waals surface area contributed by atoms with Gasteiger partial charge in [0, 0.05) is 19.1 Å². The van der Waals surface area contributed by atoms with Gasteiger partial charge in [0.1, 0.15) is 5.60 Å². The number of hydrogen-bond acceptors (Lipinski definition) is 3. The van der Waals surface area contributed by atoms with Crippen molar-refractivity contribution in [2.24, 2.45) is 0 Å². The molecule has 106 valence electrons. The van der Waals surface area contributed by atoms with Crippen molar-refractivity contribution in [3.8, 4) is 0 Å². The van der Waals surface area contributed by atoms with Gasteiger partial charge in [-0.3, -0.25) is 0 Å². The third-order valence-electron chi connectivity index (χ3n) is 3.63. The number of hydrogen-bond donors (Lipinski definition) is 0. The molecule has 1 fully saturated rings. The highest BCUT2D eigenvalue weighted by Gasteiger charge is 2.29. The molecule has 18 heavy (non-hydrogen) atoms. The third-order valence-corrected chi connectivity index (χ3v) is 3.63. The van der Waals surface area contributed by atoms with Crippen LogP contribution >= 0.6 is 0 Å². The largest absolute Gasteiger partial charge is 0.444 e. The highest BCUT2D eigenvalue weighted by molar-refractivity contribution is 5.68. The van der Waals surface area contributed by atoms with Gasteiger partial charge in [-0.15, -0.1) is 0 Å². The average Bonchev–Trinajstić information content (AvgIpc) is 2.26. The lowest BCUT2D eigenvalue weighted by Gasteiger charge is -2.37. The number of nitrogens with zero attached hydrogens (tertiary/aromatic N) is 2. The monoisotopic (exact) mass is 256 g/mol. The lowest BCUT2D eigenvalue weighted by molar-refractivity contribution is 0.0164. The zero-order chi connectivity index (χ0) is 13.9. The van der Waals surface area contributed by atoms with Crippen LogP contribution in [0.5, 0.6) is 0 Å². The van der Waals surface area contributed by atoms with Crippen molar-refractivity contribution in [1.29, 1.82) is 0 Å². The first-order chi connectivity index (χ1) is 8.20. The first-order valence-electron chi connectivity index (χ1n) is 6.83. The topological polar surface area (TPSA) is 32.8 Å². The normalized spacial score (nSPS) is 25.1. The van der Waals surface area contributed by atoms with E-state index in [1.165, 1.54) is 0 Å². The maximum Gasteiger partial charge on any atom is 0.410 e. The van der Waals surface area contributed by atoms with Crippen molar-refractivity contribution in [2.45, 2.75) is 64.1 Å². The lowest BCUT2D eigenvalue weighted by Crippen LogP contribution is -2.44. The first-order valence-corrected chi connectivity index (χ1v) is 6.83. The molecule has 1 amide bonds. The van der Waals surface area contributed by atoms with E-state index in [9.17, 15) is 4.79 Å². The fraction of sp³-hybridized carbons (Fsp3) is 0.929. The zero-order valence-electron chi connectivity index (χ0n) is 12.7. The van der Waals surface area contributed by atoms with Crippen LogP contribution in [-0.4, -0.2) is 54.7 Å². The van der Waals surface area contributed by atoms with Gasteiger partial charge < -0.3 is 14.5 Å². The van der Waals surface area contributed by atoms with E-state index in [0.29, 0.717) is 12.1 Å². The molecule has 1 saturated carbocycles. The van der Waals surface area contributed by atoms with Gasteiger partial charge in [-0.2, -0.15) is 0 Å². The van der Waals surface area contributed by atoms with Crippen LogP contribution < -0.4 is 0 Å². The van der Waals surface area contributed by atoms with Crippen molar-refractivity contribution in [1.82, 2.24) is 9.80 Å². The van der Waals surface area contributed by atoms with E-state index < -0.39 is 5.60 Å². The first kappa shape index (κ1) is 15.3. The molecule has 0 aromatic heterocycles. The van der Waals surface area contributed by atoms with Crippen LogP contribution in [0.3, 0.4) is 0 Å². The van der Waals surface area contributed by atoms with Crippen LogP contribution in [0.1, 0.15) is 46.5 Å². The van der Waals surface area contributed by atoms with Gasteiger partial charge in [-0.25, -0.2) is 4.79 Å². The Morgan fingerprint density at radius 1 is 1.00 bits per heavy atom. The van der Waals surface area contributed by atoms with Crippen molar-refractivity contribution in [2.75, 3.05) is 21.1 Å². The van der Waals surface area contributed by atoms with Crippen molar-refractivity contribution < 1.29 is 9.53 Å². The number of amides is 1. The number of ether oxygens (including phenoxy) is 1. The Labute approximate surface area is 111 Å². The molecular formula is C14H28N2O2. The van der Waals surface area contributed by atoms with E-state index in [4.69, 9.17) is 4.74 Å². The maximum absolute atomic E-state index is 12.0. The van der Waals surface area contributed by atoms with Crippen molar-refractivity contribution in [3.63, 3.8) is 0 Å². The minimum absolute atomic E-state index is 0.198. The molecule has 0 aromatic rings. The van der Waals surface area contributed by atoms with E-state index in [-0.39, 0.29) is 6.09 Å². The smallest absolute Gasteiger partial charge is 0.410 e. The molecule has 4 nitrogen and oxygen atoms in total. The van der Waals surface area contributed by atoms with E-state index in [2.05, 4.69) is 19.0 Å². The van der Waals surface area contributed by atoms with E-state index >= 15 is 0 Å². The van der Waals surface area contributed by atoms with Gasteiger partial charge in [-0.1, -0.05) is 0 Å². The Hall–Kier alpha value is -0.770. The number of carbonyl (C=O) groups excluding carboxylic acids is 1. The predicted octanol–water partition coefficient (Wildman–Crippen LogP) is 2.73. The summed E-state index contributed by atoms with van der Waals surface area (Å²) in [4.78, 5) is 16.0. The minimum Gasteiger partial charge on any atom is -0.444 e. The highest BCUT2D eigenvalue weighted by atomic mass is 16.6. The summed E-state index contributed by atoms with van der Waals surface area (Å²) in [5, 5.41) is 0. The molecule has 0 heterocycles. The van der Waals surface area contributed by atoms with Gasteiger partial charge >= 0.3 is 6.09 Å². The molecule has 1 rings (SSSR count). The van der Waals surface area contributed by atoms with Crippen LogP contribution in [0.2, 0.25) is 0 Å². The minimum atomic E-state index is -0.411. The van der Waals surface area contributed by atoms with E-state index in [0.717, 1.165) is 25.7 Å². The van der Waals surface area contributed by atoms with Crippen LogP contribution in [-0.2, 0) is 4.74 Å². The quantitative estimate of drug-likeness (QED) is 0.761. The summed E-state index contributed by atoms with van der Waals surface area (Å²) in [6.07, 6.45) is 4.25. The number of rotatable bonds is 2. The molecule has 0 saturated heterocycles. The fourth-order valence-corrected chi connectivity index (χ4v) is 2.44. The molecule has 1 aliphatic rings. The van der Waals surface area contributed by atoms with Gasteiger partial charge in [-0.05, 0) is 60.5 Å². The molecule has 0 spiro atoms. The summed E-state index contributed by atoms with van der Waals surface area (Å²) in [7, 11) is 6.11. The Kier molecular flexibility index (Phi) is 5.02. The molecule has 0 N–H and O–H groups in total. The Morgan fingerprint density at radius 2 is 1.44 bits per heavy atom. The van der Waals surface area contributed by atoms with Crippen LogP contribution in [0.15, 0.2) is 0 Å². The van der Waals surface area contributed by atoms with Crippen LogP contribution in [0, 0.1) is 0 Å². The van der Waals surface area contributed by atoms with Crippen molar-refractivity contribution in [3.05, 3.63) is 0 Å². The van der Waals surface area contributed by atoms with Gasteiger partial charge in [0.2, 0.25) is 0 Å². The van der Waals surface area contributed by atoms with E-state index in [1.807, 2.05) is 27.8 Å². The Bertz CT molecular complexity index is 276. The summed E-state index contributed by atoms with van der Waals surface area (Å²) in [5.74, 6) is 0. The second-order valence-electron chi connectivity index (χ2n) is 6.52. The Morgan fingerprint density at radius 3 is 1.83 bits per heavy atom. The molecule has 0 aliphatic heterocycles. The average molecular weight is 256 g/mol. The highest BCUT2D eigenvalue weighted by Crippen LogP contribution is 2.25. The van der Waals surface area contributed by atoms with Crippen molar-refractivity contribution >= 4 is 6.09 Å². The summed E-state index contributed by atoms with van der Waals surface area (Å²) in [5.41, 5.74) is -0.411. The summed E-state index contributed by atoms with van der Waals surface area (Å²) in [6, 6.07) is 0.990. The SMILES string of the molecule is CN(C)C1CCC(N(C)C(=O)OC(C)(C)C)CC1. The van der Waals surface area contributed by atoms with Gasteiger partial charge in [0.25, 0.3) is 0 Å². The van der Waals surface area contributed by atoms with Gasteiger partial charge in [0.05, 0.1) is 0 Å². The predicted molar refractivity (Wildman–Crippen MR) is 73.7 cm³/mol. The van der Waals surface area contributed by atoms with E-state index in [1.54, 1.807) is 4.90 Å². The molecule has 0 bridgehead atoms. The standard InChI is InChI=1S/C14H28N2O2/c1-14(2,3)18-13(17)16(6)12-9-7-11(8-10-12)15(4)5/h11-12H,7-10H2,1-6H3. The molecule has 4 heteroatoms. The second kappa shape index (κ2) is 5.91. The number of carbonyl (C=O) groups is 1. The zero-order valence-corrected chi connectivity index (χ0v) is 12.7. The molecular weight excluding hydrogens is 228 g/mol. The maximum atomic E-state index is 12.0. The third kappa shape index (κ3) is 4.48. The summed E-state index contributed by atoms with van der Waals surface area (Å²) < 4.78 is 5.40.